The van der Waals surface area contributed by atoms with Gasteiger partial charge in [-0.25, -0.2) is 4.79 Å². The lowest BCUT2D eigenvalue weighted by Gasteiger charge is -2.00. The van der Waals surface area contributed by atoms with Gasteiger partial charge in [0.05, 0.1) is 0 Å². The zero-order valence-electron chi connectivity index (χ0n) is 9.03. The van der Waals surface area contributed by atoms with Crippen LogP contribution in [-0.2, 0) is 0 Å². The van der Waals surface area contributed by atoms with Crippen LogP contribution in [-0.4, -0.2) is 0 Å². The van der Waals surface area contributed by atoms with Gasteiger partial charge in [-0.2, -0.15) is 0 Å². The van der Waals surface area contributed by atoms with Gasteiger partial charge in [-0.15, -0.1) is 0 Å². The highest BCUT2D eigenvalue weighted by Crippen LogP contribution is 2.29. The molecule has 0 saturated carbocycles. The molecule has 0 atom stereocenters. The molecule has 2 aromatic heterocycles. The fraction of sp³-hybridized carbons (Fsp3) is 0.154. The second kappa shape index (κ2) is 2.98. The van der Waals surface area contributed by atoms with Crippen molar-refractivity contribution in [3.05, 3.63) is 46.0 Å². The molecule has 0 unspecified atom stereocenters. The summed E-state index contributed by atoms with van der Waals surface area (Å²) in [5.74, 6) is 0.857. The summed E-state index contributed by atoms with van der Waals surface area (Å²) in [6.45, 7) is 3.80. The van der Waals surface area contributed by atoms with E-state index >= 15 is 0 Å². The topological polar surface area (TPSA) is 43.4 Å². The van der Waals surface area contributed by atoms with Gasteiger partial charge in [0.25, 0.3) is 0 Å². The summed E-state index contributed by atoms with van der Waals surface area (Å²) in [6, 6.07) is 7.15. The SMILES string of the molecule is Cc1cc2cc3ccc(=O)oc3c(C)c2o1. The third-order valence-corrected chi connectivity index (χ3v) is 2.74. The second-order valence-electron chi connectivity index (χ2n) is 3.95. The predicted molar refractivity (Wildman–Crippen MR) is 61.7 cm³/mol. The minimum absolute atomic E-state index is 0.335. The van der Waals surface area contributed by atoms with Gasteiger partial charge >= 0.3 is 5.63 Å². The smallest absolute Gasteiger partial charge is 0.336 e. The summed E-state index contributed by atoms with van der Waals surface area (Å²) in [4.78, 5) is 11.2. The van der Waals surface area contributed by atoms with Crippen LogP contribution in [0.3, 0.4) is 0 Å². The first-order valence-corrected chi connectivity index (χ1v) is 5.09. The zero-order valence-corrected chi connectivity index (χ0v) is 9.03. The Hall–Kier alpha value is -2.03. The minimum atomic E-state index is -0.335. The van der Waals surface area contributed by atoms with Crippen molar-refractivity contribution in [3.8, 4) is 0 Å². The van der Waals surface area contributed by atoms with Gasteiger partial charge in [-0.3, -0.25) is 0 Å². The number of fused-ring (bicyclic) bond motifs is 2. The van der Waals surface area contributed by atoms with Gasteiger partial charge in [0, 0.05) is 22.4 Å². The Balaban J connectivity index is 2.60. The van der Waals surface area contributed by atoms with E-state index in [2.05, 4.69) is 0 Å². The van der Waals surface area contributed by atoms with Gasteiger partial charge in [0.15, 0.2) is 0 Å². The van der Waals surface area contributed by atoms with E-state index < -0.39 is 0 Å². The Morgan fingerprint density at radius 2 is 1.69 bits per heavy atom. The van der Waals surface area contributed by atoms with Gasteiger partial charge in [0.2, 0.25) is 0 Å². The van der Waals surface area contributed by atoms with Crippen molar-refractivity contribution in [1.82, 2.24) is 0 Å². The van der Waals surface area contributed by atoms with Gasteiger partial charge < -0.3 is 8.83 Å². The van der Waals surface area contributed by atoms with E-state index in [4.69, 9.17) is 8.83 Å². The molecule has 80 valence electrons. The molecule has 0 fully saturated rings. The normalized spacial score (nSPS) is 11.4. The van der Waals surface area contributed by atoms with Crippen molar-refractivity contribution in [2.75, 3.05) is 0 Å². The van der Waals surface area contributed by atoms with Crippen LogP contribution in [0.1, 0.15) is 11.3 Å². The van der Waals surface area contributed by atoms with Crippen LogP contribution in [0.15, 0.2) is 37.9 Å². The lowest BCUT2D eigenvalue weighted by molar-refractivity contribution is 0.552. The molecule has 3 aromatic rings. The molecule has 0 radical (unpaired) electrons. The van der Waals surface area contributed by atoms with E-state index in [0.29, 0.717) is 5.58 Å². The predicted octanol–water partition coefficient (Wildman–Crippen LogP) is 3.16. The zero-order chi connectivity index (χ0) is 11.3. The standard InChI is InChI=1S/C13H10O3/c1-7-5-10-6-9-3-4-11(14)16-12(9)8(2)13(10)15-7/h3-6H,1-2H3. The number of furan rings is 1. The first-order chi connectivity index (χ1) is 7.65. The number of hydrogen-bond acceptors (Lipinski definition) is 3. The fourth-order valence-corrected chi connectivity index (χ4v) is 2.04. The first kappa shape index (κ1) is 9.21. The number of aryl methyl sites for hydroxylation is 2. The maximum atomic E-state index is 11.2. The average Bonchev–Trinajstić information content (AvgIpc) is 2.61. The summed E-state index contributed by atoms with van der Waals surface area (Å²) in [7, 11) is 0. The summed E-state index contributed by atoms with van der Waals surface area (Å²) in [6.07, 6.45) is 0. The average molecular weight is 214 g/mol. The Labute approximate surface area is 91.3 Å². The van der Waals surface area contributed by atoms with Crippen LogP contribution in [0, 0.1) is 13.8 Å². The van der Waals surface area contributed by atoms with E-state index in [-0.39, 0.29) is 5.63 Å². The van der Waals surface area contributed by atoms with Crippen molar-refractivity contribution in [3.63, 3.8) is 0 Å². The van der Waals surface area contributed by atoms with E-state index in [0.717, 1.165) is 27.7 Å². The highest BCUT2D eigenvalue weighted by Gasteiger charge is 2.10. The van der Waals surface area contributed by atoms with Gasteiger partial charge in [-0.1, -0.05) is 0 Å². The van der Waals surface area contributed by atoms with Crippen molar-refractivity contribution in [2.24, 2.45) is 0 Å². The molecule has 0 saturated heterocycles. The minimum Gasteiger partial charge on any atom is -0.461 e. The molecule has 0 N–H and O–H groups in total. The van der Waals surface area contributed by atoms with Crippen LogP contribution in [0.4, 0.5) is 0 Å². The Morgan fingerprint density at radius 3 is 2.50 bits per heavy atom. The first-order valence-electron chi connectivity index (χ1n) is 5.09. The van der Waals surface area contributed by atoms with Crippen molar-refractivity contribution >= 4 is 21.9 Å². The lowest BCUT2D eigenvalue weighted by atomic mass is 10.1. The molecule has 3 heteroatoms. The van der Waals surface area contributed by atoms with Crippen LogP contribution in [0.25, 0.3) is 21.9 Å². The molecule has 2 heterocycles. The molecule has 3 nitrogen and oxygen atoms in total. The maximum absolute atomic E-state index is 11.2. The van der Waals surface area contributed by atoms with E-state index in [9.17, 15) is 4.79 Å². The maximum Gasteiger partial charge on any atom is 0.336 e. The third kappa shape index (κ3) is 1.18. The van der Waals surface area contributed by atoms with Crippen molar-refractivity contribution < 1.29 is 8.83 Å². The quantitative estimate of drug-likeness (QED) is 0.540. The lowest BCUT2D eigenvalue weighted by Crippen LogP contribution is -1.95. The molecule has 0 aliphatic carbocycles. The number of hydrogen-bond donors (Lipinski definition) is 0. The molecule has 0 aliphatic rings. The fourth-order valence-electron chi connectivity index (χ4n) is 2.04. The molecular formula is C13H10O3. The Bertz CT molecular complexity index is 747. The summed E-state index contributed by atoms with van der Waals surface area (Å²) >= 11 is 0. The molecule has 0 spiro atoms. The monoisotopic (exact) mass is 214 g/mol. The Morgan fingerprint density at radius 1 is 0.938 bits per heavy atom. The number of benzene rings is 1. The van der Waals surface area contributed by atoms with Gasteiger partial charge in [0.1, 0.15) is 16.9 Å². The van der Waals surface area contributed by atoms with Crippen molar-refractivity contribution in [1.29, 1.82) is 0 Å². The van der Waals surface area contributed by atoms with Crippen LogP contribution >= 0.6 is 0 Å². The summed E-state index contributed by atoms with van der Waals surface area (Å²) in [5, 5.41) is 1.96. The highest BCUT2D eigenvalue weighted by molar-refractivity contribution is 5.96. The second-order valence-corrected chi connectivity index (χ2v) is 3.95. The molecule has 1 aromatic carbocycles. The van der Waals surface area contributed by atoms with E-state index in [1.54, 1.807) is 6.07 Å². The van der Waals surface area contributed by atoms with Crippen LogP contribution in [0.2, 0.25) is 0 Å². The molecule has 16 heavy (non-hydrogen) atoms. The van der Waals surface area contributed by atoms with Crippen LogP contribution < -0.4 is 5.63 Å². The molecular weight excluding hydrogens is 204 g/mol. The number of rotatable bonds is 0. The summed E-state index contributed by atoms with van der Waals surface area (Å²) < 4.78 is 10.8. The van der Waals surface area contributed by atoms with E-state index in [1.165, 1.54) is 6.07 Å². The summed E-state index contributed by atoms with van der Waals surface area (Å²) in [5.41, 5.74) is 1.94. The molecule has 0 aliphatic heterocycles. The molecule has 0 amide bonds. The largest absolute Gasteiger partial charge is 0.461 e. The van der Waals surface area contributed by atoms with Crippen LogP contribution in [0.5, 0.6) is 0 Å². The van der Waals surface area contributed by atoms with E-state index in [1.807, 2.05) is 26.0 Å². The third-order valence-electron chi connectivity index (χ3n) is 2.74. The molecule has 3 rings (SSSR count). The van der Waals surface area contributed by atoms with Gasteiger partial charge in [-0.05, 0) is 32.0 Å². The van der Waals surface area contributed by atoms with Crippen molar-refractivity contribution in [2.45, 2.75) is 13.8 Å². The molecule has 0 bridgehead atoms. The Kier molecular flexibility index (Phi) is 1.72. The highest BCUT2D eigenvalue weighted by atomic mass is 16.4.